The molecule has 1 amide bonds. The van der Waals surface area contributed by atoms with Crippen molar-refractivity contribution < 1.29 is 14.3 Å². The number of anilines is 1. The van der Waals surface area contributed by atoms with Gasteiger partial charge in [-0.15, -0.1) is 0 Å². The summed E-state index contributed by atoms with van der Waals surface area (Å²) in [6.45, 7) is 0. The molecule has 2 unspecified atom stereocenters. The molecule has 0 saturated carbocycles. The number of halogens is 1. The number of nitrogens with one attached hydrogen (secondary N) is 1. The van der Waals surface area contributed by atoms with Crippen LogP contribution in [-0.4, -0.2) is 17.8 Å². The van der Waals surface area contributed by atoms with Gasteiger partial charge in [-0.1, -0.05) is 58.4 Å². The number of carbonyl (C=O) groups is 2. The second-order valence-corrected chi connectivity index (χ2v) is 5.57. The van der Waals surface area contributed by atoms with Crippen molar-refractivity contribution in [3.8, 4) is 5.75 Å². The predicted octanol–water partition coefficient (Wildman–Crippen LogP) is 3.09. The first-order valence-corrected chi connectivity index (χ1v) is 7.37. The Labute approximate surface area is 130 Å². The van der Waals surface area contributed by atoms with E-state index in [0.717, 1.165) is 5.56 Å². The van der Waals surface area contributed by atoms with Crippen LogP contribution in [-0.2, 0) is 9.59 Å². The summed E-state index contributed by atoms with van der Waals surface area (Å²) in [5.41, 5.74) is 1.37. The molecule has 0 aromatic heterocycles. The number of fused-ring (bicyclic) bond motifs is 1. The second-order valence-electron chi connectivity index (χ2n) is 4.66. The van der Waals surface area contributed by atoms with Crippen molar-refractivity contribution in [3.63, 3.8) is 0 Å². The summed E-state index contributed by atoms with van der Waals surface area (Å²) in [7, 11) is 0. The molecule has 21 heavy (non-hydrogen) atoms. The number of amides is 1. The van der Waals surface area contributed by atoms with E-state index in [9.17, 15) is 9.59 Å². The molecule has 4 nitrogen and oxygen atoms in total. The number of alkyl halides is 1. The highest BCUT2D eigenvalue weighted by molar-refractivity contribution is 9.09. The second kappa shape index (κ2) is 5.69. The van der Waals surface area contributed by atoms with Gasteiger partial charge in [-0.05, 0) is 17.7 Å². The number of hydrogen-bond acceptors (Lipinski definition) is 3. The molecule has 2 aromatic carbocycles. The van der Waals surface area contributed by atoms with Crippen LogP contribution in [0.4, 0.5) is 5.69 Å². The van der Waals surface area contributed by atoms with Gasteiger partial charge in [-0.3, -0.25) is 9.59 Å². The maximum absolute atomic E-state index is 12.5. The lowest BCUT2D eigenvalue weighted by atomic mass is 10.0. The molecule has 0 fully saturated rings. The van der Waals surface area contributed by atoms with E-state index in [4.69, 9.17) is 4.74 Å². The van der Waals surface area contributed by atoms with Gasteiger partial charge in [0, 0.05) is 0 Å². The van der Waals surface area contributed by atoms with Gasteiger partial charge < -0.3 is 10.1 Å². The molecule has 5 heteroatoms. The van der Waals surface area contributed by atoms with Crippen LogP contribution < -0.4 is 10.1 Å². The van der Waals surface area contributed by atoms with Crippen LogP contribution in [0.3, 0.4) is 0 Å². The summed E-state index contributed by atoms with van der Waals surface area (Å²) < 4.78 is 5.56. The van der Waals surface area contributed by atoms with Crippen LogP contribution in [0.25, 0.3) is 0 Å². The molecule has 0 spiro atoms. The zero-order valence-electron chi connectivity index (χ0n) is 11.0. The molecule has 0 saturated heterocycles. The highest BCUT2D eigenvalue weighted by Gasteiger charge is 2.37. The summed E-state index contributed by atoms with van der Waals surface area (Å²) in [5.74, 6) is -0.268. The van der Waals surface area contributed by atoms with Gasteiger partial charge in [0.25, 0.3) is 5.91 Å². The maximum Gasteiger partial charge on any atom is 0.273 e. The molecule has 1 N–H and O–H groups in total. The average molecular weight is 346 g/mol. The van der Waals surface area contributed by atoms with E-state index in [0.29, 0.717) is 11.4 Å². The predicted molar refractivity (Wildman–Crippen MR) is 82.6 cm³/mol. The van der Waals surface area contributed by atoms with Crippen LogP contribution in [0.15, 0.2) is 54.6 Å². The zero-order valence-corrected chi connectivity index (χ0v) is 12.5. The van der Waals surface area contributed by atoms with Crippen LogP contribution in [0.5, 0.6) is 5.75 Å². The third-order valence-corrected chi connectivity index (χ3v) is 4.21. The summed E-state index contributed by atoms with van der Waals surface area (Å²) >= 11 is 3.34. The summed E-state index contributed by atoms with van der Waals surface area (Å²) in [6, 6.07) is 16.2. The third kappa shape index (κ3) is 2.69. The Morgan fingerprint density at radius 3 is 2.52 bits per heavy atom. The fraction of sp³-hybridized carbons (Fsp3) is 0.125. The Morgan fingerprint density at radius 2 is 1.76 bits per heavy atom. The first kappa shape index (κ1) is 13.8. The highest BCUT2D eigenvalue weighted by Crippen LogP contribution is 2.32. The van der Waals surface area contributed by atoms with E-state index < -0.39 is 16.8 Å². The zero-order chi connectivity index (χ0) is 14.8. The fourth-order valence-electron chi connectivity index (χ4n) is 2.16. The van der Waals surface area contributed by atoms with Crippen molar-refractivity contribution in [2.24, 2.45) is 0 Å². The van der Waals surface area contributed by atoms with Gasteiger partial charge in [-0.25, -0.2) is 0 Å². The number of ether oxygens (including phenoxy) is 1. The molecule has 2 aromatic rings. The number of Topliss-reactive ketones (excluding diaryl/α,β-unsaturated/α-hetero) is 1. The summed E-state index contributed by atoms with van der Waals surface area (Å²) in [4.78, 5) is 24.0. The topological polar surface area (TPSA) is 55.4 Å². The summed E-state index contributed by atoms with van der Waals surface area (Å²) in [6.07, 6.45) is -1.15. The molecule has 0 radical (unpaired) electrons. The van der Waals surface area contributed by atoms with Crippen molar-refractivity contribution in [1.82, 2.24) is 0 Å². The van der Waals surface area contributed by atoms with E-state index in [1.807, 2.05) is 30.3 Å². The summed E-state index contributed by atoms with van der Waals surface area (Å²) in [5, 5.41) is 2.69. The lowest BCUT2D eigenvalue weighted by Gasteiger charge is -2.26. The number of ketones is 1. The Kier molecular flexibility index (Phi) is 3.75. The SMILES string of the molecule is O=C1Nc2ccccc2OC1C(=O)C(Br)c1ccccc1. The smallest absolute Gasteiger partial charge is 0.273 e. The molecule has 0 aliphatic carbocycles. The fourth-order valence-corrected chi connectivity index (χ4v) is 2.70. The number of carbonyl (C=O) groups excluding carboxylic acids is 2. The Bertz CT molecular complexity index is 687. The molecule has 3 rings (SSSR count). The number of benzene rings is 2. The molecule has 0 bridgehead atoms. The largest absolute Gasteiger partial charge is 0.470 e. The minimum atomic E-state index is -1.15. The third-order valence-electron chi connectivity index (χ3n) is 3.23. The van der Waals surface area contributed by atoms with Gasteiger partial charge in [0.05, 0.1) is 5.69 Å². The maximum atomic E-state index is 12.5. The van der Waals surface area contributed by atoms with Crippen molar-refractivity contribution in [2.45, 2.75) is 10.9 Å². The lowest BCUT2D eigenvalue weighted by molar-refractivity contribution is -0.135. The monoisotopic (exact) mass is 345 g/mol. The minimum absolute atomic E-state index is 0.326. The Morgan fingerprint density at radius 1 is 1.10 bits per heavy atom. The van der Waals surface area contributed by atoms with Gasteiger partial charge >= 0.3 is 0 Å². The van der Waals surface area contributed by atoms with E-state index in [-0.39, 0.29) is 5.78 Å². The van der Waals surface area contributed by atoms with E-state index in [1.54, 1.807) is 24.3 Å². The molecule has 106 valence electrons. The molecular formula is C16H12BrNO3. The standard InChI is InChI=1S/C16H12BrNO3/c17-13(10-6-2-1-3-7-10)14(19)15-16(20)18-11-8-4-5-9-12(11)21-15/h1-9,13,15H,(H,18,20). The van der Waals surface area contributed by atoms with E-state index in [2.05, 4.69) is 21.2 Å². The van der Waals surface area contributed by atoms with Crippen LogP contribution in [0, 0.1) is 0 Å². The lowest BCUT2D eigenvalue weighted by Crippen LogP contribution is -2.44. The number of para-hydroxylation sites is 2. The van der Waals surface area contributed by atoms with Crippen molar-refractivity contribution >= 4 is 33.3 Å². The molecule has 1 heterocycles. The van der Waals surface area contributed by atoms with Crippen LogP contribution in [0.1, 0.15) is 10.4 Å². The van der Waals surface area contributed by atoms with Gasteiger partial charge in [-0.2, -0.15) is 0 Å². The van der Waals surface area contributed by atoms with Gasteiger partial charge in [0.15, 0.2) is 0 Å². The molecular weight excluding hydrogens is 334 g/mol. The normalized spacial score (nSPS) is 18.1. The Balaban J connectivity index is 1.84. The van der Waals surface area contributed by atoms with E-state index >= 15 is 0 Å². The van der Waals surface area contributed by atoms with E-state index in [1.165, 1.54) is 0 Å². The quantitative estimate of drug-likeness (QED) is 0.686. The van der Waals surface area contributed by atoms with Crippen molar-refractivity contribution in [2.75, 3.05) is 5.32 Å². The number of hydrogen-bond donors (Lipinski definition) is 1. The first-order valence-electron chi connectivity index (χ1n) is 6.46. The van der Waals surface area contributed by atoms with Crippen molar-refractivity contribution in [1.29, 1.82) is 0 Å². The average Bonchev–Trinajstić information content (AvgIpc) is 2.53. The minimum Gasteiger partial charge on any atom is -0.470 e. The van der Waals surface area contributed by atoms with Gasteiger partial charge in [0.1, 0.15) is 10.6 Å². The van der Waals surface area contributed by atoms with Gasteiger partial charge in [0.2, 0.25) is 11.9 Å². The number of rotatable bonds is 3. The Hall–Kier alpha value is -2.14. The first-order chi connectivity index (χ1) is 10.2. The van der Waals surface area contributed by atoms with Crippen molar-refractivity contribution in [3.05, 3.63) is 60.2 Å². The van der Waals surface area contributed by atoms with Crippen LogP contribution >= 0.6 is 15.9 Å². The van der Waals surface area contributed by atoms with Crippen LogP contribution in [0.2, 0.25) is 0 Å². The molecule has 1 aliphatic heterocycles. The molecule has 1 aliphatic rings. The molecule has 2 atom stereocenters. The highest BCUT2D eigenvalue weighted by atomic mass is 79.9.